The largest absolute Gasteiger partial charge is 0.461 e. The normalized spacial score (nSPS) is 15.0. The van der Waals surface area contributed by atoms with Gasteiger partial charge in [0.25, 0.3) is 5.69 Å². The van der Waals surface area contributed by atoms with E-state index in [1.807, 2.05) is 6.92 Å². The van der Waals surface area contributed by atoms with Gasteiger partial charge >= 0.3 is 5.97 Å². The van der Waals surface area contributed by atoms with Gasteiger partial charge in [-0.25, -0.2) is 9.78 Å². The van der Waals surface area contributed by atoms with Gasteiger partial charge in [-0.15, -0.1) is 11.3 Å². The second-order valence-corrected chi connectivity index (χ2v) is 7.70. The number of aromatic nitrogens is 1. The van der Waals surface area contributed by atoms with E-state index in [-0.39, 0.29) is 17.6 Å². The fourth-order valence-electron chi connectivity index (χ4n) is 3.35. The molecule has 144 valence electrons. The molecule has 1 aliphatic rings. The van der Waals surface area contributed by atoms with Crippen LogP contribution in [0.15, 0.2) is 17.5 Å². The van der Waals surface area contributed by atoms with Gasteiger partial charge in [0.2, 0.25) is 0 Å². The standard InChI is InChI=1S/C18H20ClN3O4S/c1-3-26-18(23)15-10-27-17(20-15)12-4-6-21(7-5-12)16-11(2)8-13(22(24)25)9-14(16)19/h8-10,12H,3-7H2,1-2H3. The number of carbonyl (C=O) groups is 1. The van der Waals surface area contributed by atoms with Gasteiger partial charge in [-0.2, -0.15) is 0 Å². The number of aryl methyl sites for hydroxylation is 1. The number of hydrogen-bond acceptors (Lipinski definition) is 7. The molecule has 1 aliphatic heterocycles. The van der Waals surface area contributed by atoms with E-state index in [1.165, 1.54) is 17.4 Å². The minimum atomic E-state index is -0.432. The van der Waals surface area contributed by atoms with Crippen molar-refractivity contribution in [1.29, 1.82) is 0 Å². The number of ether oxygens (including phenoxy) is 1. The molecule has 1 fully saturated rings. The van der Waals surface area contributed by atoms with E-state index < -0.39 is 4.92 Å². The molecule has 0 radical (unpaired) electrons. The second-order valence-electron chi connectivity index (χ2n) is 6.40. The van der Waals surface area contributed by atoms with Crippen LogP contribution in [0.5, 0.6) is 0 Å². The van der Waals surface area contributed by atoms with Gasteiger partial charge in [0.15, 0.2) is 5.69 Å². The Morgan fingerprint density at radius 2 is 2.15 bits per heavy atom. The van der Waals surface area contributed by atoms with E-state index in [4.69, 9.17) is 16.3 Å². The smallest absolute Gasteiger partial charge is 0.357 e. The van der Waals surface area contributed by atoms with E-state index in [2.05, 4.69) is 9.88 Å². The number of nitrogens with zero attached hydrogens (tertiary/aromatic N) is 3. The monoisotopic (exact) mass is 409 g/mol. The zero-order valence-corrected chi connectivity index (χ0v) is 16.7. The Morgan fingerprint density at radius 1 is 1.44 bits per heavy atom. The van der Waals surface area contributed by atoms with Crippen molar-refractivity contribution in [2.75, 3.05) is 24.6 Å². The van der Waals surface area contributed by atoms with Crippen LogP contribution in [0.4, 0.5) is 11.4 Å². The van der Waals surface area contributed by atoms with E-state index in [0.717, 1.165) is 42.2 Å². The van der Waals surface area contributed by atoms with Gasteiger partial charge in [0, 0.05) is 36.5 Å². The third-order valence-corrected chi connectivity index (χ3v) is 5.91. The van der Waals surface area contributed by atoms with Crippen LogP contribution < -0.4 is 4.90 Å². The summed E-state index contributed by atoms with van der Waals surface area (Å²) in [5.41, 5.74) is 2.03. The maximum absolute atomic E-state index is 11.8. The van der Waals surface area contributed by atoms with Gasteiger partial charge in [-0.3, -0.25) is 10.1 Å². The molecule has 0 saturated carbocycles. The Kier molecular flexibility index (Phi) is 5.96. The number of nitro benzene ring substituents is 1. The summed E-state index contributed by atoms with van der Waals surface area (Å²) in [6.45, 7) is 5.49. The lowest BCUT2D eigenvalue weighted by molar-refractivity contribution is -0.384. The number of nitro groups is 1. The molecule has 0 amide bonds. The lowest BCUT2D eigenvalue weighted by Gasteiger charge is -2.34. The number of esters is 1. The molecule has 7 nitrogen and oxygen atoms in total. The van der Waals surface area contributed by atoms with E-state index >= 15 is 0 Å². The predicted octanol–water partition coefficient (Wildman–Crippen LogP) is 4.57. The molecular formula is C18H20ClN3O4S. The first-order valence-electron chi connectivity index (χ1n) is 8.72. The van der Waals surface area contributed by atoms with Crippen molar-refractivity contribution in [2.45, 2.75) is 32.6 Å². The molecule has 2 aromatic rings. The molecule has 1 aromatic heterocycles. The summed E-state index contributed by atoms with van der Waals surface area (Å²) >= 11 is 7.81. The number of piperidine rings is 1. The topological polar surface area (TPSA) is 85.6 Å². The zero-order chi connectivity index (χ0) is 19.6. The summed E-state index contributed by atoms with van der Waals surface area (Å²) in [6.07, 6.45) is 1.76. The molecule has 0 spiro atoms. The molecule has 0 aliphatic carbocycles. The SMILES string of the molecule is CCOC(=O)c1csc(C2CCN(c3c(C)cc([N+](=O)[O-])cc3Cl)CC2)n1. The van der Waals surface area contributed by atoms with Crippen LogP contribution in [0, 0.1) is 17.0 Å². The van der Waals surface area contributed by atoms with Crippen LogP contribution in [0.25, 0.3) is 0 Å². The Balaban J connectivity index is 1.69. The summed E-state index contributed by atoms with van der Waals surface area (Å²) in [5.74, 6) is -0.0997. The molecular weight excluding hydrogens is 390 g/mol. The number of anilines is 1. The van der Waals surface area contributed by atoms with Crippen LogP contribution in [0.2, 0.25) is 5.02 Å². The Hall–Kier alpha value is -2.19. The van der Waals surface area contributed by atoms with Crippen molar-refractivity contribution in [3.05, 3.63) is 48.9 Å². The van der Waals surface area contributed by atoms with Gasteiger partial charge < -0.3 is 9.64 Å². The summed E-state index contributed by atoms with van der Waals surface area (Å²) in [6, 6.07) is 2.96. The maximum atomic E-state index is 11.8. The van der Waals surface area contributed by atoms with Crippen LogP contribution in [-0.2, 0) is 4.74 Å². The number of halogens is 1. The molecule has 1 saturated heterocycles. The van der Waals surface area contributed by atoms with Crippen molar-refractivity contribution in [3.8, 4) is 0 Å². The average molecular weight is 410 g/mol. The van der Waals surface area contributed by atoms with Gasteiger partial charge in [0.05, 0.1) is 27.2 Å². The Bertz CT molecular complexity index is 839. The van der Waals surface area contributed by atoms with Crippen LogP contribution in [0.3, 0.4) is 0 Å². The second kappa shape index (κ2) is 8.22. The molecule has 0 bridgehead atoms. The number of thiazole rings is 1. The fraction of sp³-hybridized carbons (Fsp3) is 0.444. The van der Waals surface area contributed by atoms with Crippen LogP contribution in [0.1, 0.15) is 46.7 Å². The van der Waals surface area contributed by atoms with Crippen LogP contribution in [-0.4, -0.2) is 35.6 Å². The molecule has 0 N–H and O–H groups in total. The molecule has 27 heavy (non-hydrogen) atoms. The lowest BCUT2D eigenvalue weighted by atomic mass is 9.96. The Labute approximate surface area is 166 Å². The average Bonchev–Trinajstić information content (AvgIpc) is 3.12. The number of benzene rings is 1. The number of carbonyl (C=O) groups excluding carboxylic acids is 1. The highest BCUT2D eigenvalue weighted by atomic mass is 35.5. The van der Waals surface area contributed by atoms with Crippen molar-refractivity contribution in [3.63, 3.8) is 0 Å². The highest BCUT2D eigenvalue weighted by Crippen LogP contribution is 2.38. The lowest BCUT2D eigenvalue weighted by Crippen LogP contribution is -2.33. The first kappa shape index (κ1) is 19.6. The Morgan fingerprint density at radius 3 is 2.74 bits per heavy atom. The van der Waals surface area contributed by atoms with Crippen molar-refractivity contribution >= 4 is 40.3 Å². The van der Waals surface area contributed by atoms with Gasteiger partial charge in [0.1, 0.15) is 0 Å². The van der Waals surface area contributed by atoms with E-state index in [0.29, 0.717) is 17.3 Å². The number of hydrogen-bond donors (Lipinski definition) is 0. The highest BCUT2D eigenvalue weighted by molar-refractivity contribution is 7.09. The summed E-state index contributed by atoms with van der Waals surface area (Å²) < 4.78 is 4.99. The predicted molar refractivity (Wildman–Crippen MR) is 105 cm³/mol. The summed E-state index contributed by atoms with van der Waals surface area (Å²) in [5, 5.41) is 14.1. The highest BCUT2D eigenvalue weighted by Gasteiger charge is 2.27. The first-order valence-corrected chi connectivity index (χ1v) is 9.98. The van der Waals surface area contributed by atoms with Gasteiger partial charge in [-0.05, 0) is 32.3 Å². The third-order valence-electron chi connectivity index (χ3n) is 4.62. The zero-order valence-electron chi connectivity index (χ0n) is 15.1. The third kappa shape index (κ3) is 4.22. The molecule has 0 atom stereocenters. The van der Waals surface area contributed by atoms with Crippen molar-refractivity contribution < 1.29 is 14.5 Å². The van der Waals surface area contributed by atoms with Crippen LogP contribution >= 0.6 is 22.9 Å². The summed E-state index contributed by atoms with van der Waals surface area (Å²) in [4.78, 5) is 28.9. The first-order chi connectivity index (χ1) is 12.9. The summed E-state index contributed by atoms with van der Waals surface area (Å²) in [7, 11) is 0. The van der Waals surface area contributed by atoms with Gasteiger partial charge in [-0.1, -0.05) is 11.6 Å². The minimum absolute atomic E-state index is 0.00502. The fourth-order valence-corrected chi connectivity index (χ4v) is 4.69. The minimum Gasteiger partial charge on any atom is -0.461 e. The molecule has 2 heterocycles. The van der Waals surface area contributed by atoms with Crippen molar-refractivity contribution in [2.24, 2.45) is 0 Å². The van der Waals surface area contributed by atoms with E-state index in [9.17, 15) is 14.9 Å². The molecule has 0 unspecified atom stereocenters. The maximum Gasteiger partial charge on any atom is 0.357 e. The van der Waals surface area contributed by atoms with E-state index in [1.54, 1.807) is 18.4 Å². The van der Waals surface area contributed by atoms with Crippen molar-refractivity contribution in [1.82, 2.24) is 4.98 Å². The molecule has 9 heteroatoms. The molecule has 3 rings (SSSR count). The number of rotatable bonds is 5. The quantitative estimate of drug-likeness (QED) is 0.408. The molecule has 1 aromatic carbocycles. The number of non-ortho nitro benzene ring substituents is 1.